The Morgan fingerprint density at radius 3 is 2.27 bits per heavy atom. The Kier molecular flexibility index (Phi) is 6.22. The highest BCUT2D eigenvalue weighted by atomic mass is 16.6. The quantitative estimate of drug-likeness (QED) is 0.224. The number of carbonyl (C=O) groups is 3. The van der Waals surface area contributed by atoms with Gasteiger partial charge in [-0.1, -0.05) is 18.2 Å². The number of aromatic hydroxyl groups is 1. The summed E-state index contributed by atoms with van der Waals surface area (Å²) in [6.07, 6.45) is -3.08. The van der Waals surface area contributed by atoms with Gasteiger partial charge in [0, 0.05) is 29.5 Å². The number of aliphatic hydroxyl groups is 4. The molecule has 0 spiro atoms. The second kappa shape index (κ2) is 9.84. The summed E-state index contributed by atoms with van der Waals surface area (Å²) in [5, 5.41) is 58.2. The Balaban J connectivity index is 1.21. The molecular formula is C33H28N2O10. The number of phenols is 1. The summed E-state index contributed by atoms with van der Waals surface area (Å²) in [5.41, 5.74) is 4.37. The van der Waals surface area contributed by atoms with Crippen molar-refractivity contribution in [3.8, 4) is 28.4 Å². The van der Waals surface area contributed by atoms with Gasteiger partial charge >= 0.3 is 6.09 Å². The van der Waals surface area contributed by atoms with Crippen LogP contribution in [0.4, 0.5) is 10.5 Å². The number of allylic oxidation sites excluding steroid dienone is 1. The summed E-state index contributed by atoms with van der Waals surface area (Å²) in [5.74, 6) is -4.99. The van der Waals surface area contributed by atoms with Crippen molar-refractivity contribution < 1.29 is 49.4 Å². The largest absolute Gasteiger partial charge is 0.512 e. The summed E-state index contributed by atoms with van der Waals surface area (Å²) in [4.78, 5) is 38.2. The lowest BCUT2D eigenvalue weighted by Gasteiger charge is -2.45. The number of anilines is 1. The number of nitrogens with two attached hydrogens (primary N) is 1. The van der Waals surface area contributed by atoms with E-state index in [1.165, 1.54) is 13.2 Å². The first-order chi connectivity index (χ1) is 21.5. The fourth-order valence-electron chi connectivity index (χ4n) is 7.48. The molecule has 8 N–H and O–H groups in total. The summed E-state index contributed by atoms with van der Waals surface area (Å²) in [6, 6.07) is 16.3. The SMILES string of the molecule is COc1ccc(OC(=O)Nc2ccc(-c3ccc(O)c4c3C3C5C(=C4O)C(=O)[C@]4(O)C(O)C(C(N)=O)=C(O)CC4C53)cc2)cc1. The van der Waals surface area contributed by atoms with E-state index in [1.807, 2.05) is 0 Å². The van der Waals surface area contributed by atoms with Gasteiger partial charge in [-0.05, 0) is 71.0 Å². The number of ether oxygens (including phenoxy) is 2. The molecule has 0 aromatic heterocycles. The fourth-order valence-corrected chi connectivity index (χ4v) is 7.48. The maximum atomic E-state index is 13.8. The number of hydrogen-bond donors (Lipinski definition) is 7. The number of amides is 2. The van der Waals surface area contributed by atoms with Gasteiger partial charge in [-0.15, -0.1) is 0 Å². The molecule has 7 rings (SSSR count). The molecule has 2 amide bonds. The zero-order chi connectivity index (χ0) is 31.9. The first-order valence-electron chi connectivity index (χ1n) is 14.2. The predicted octanol–water partition coefficient (Wildman–Crippen LogP) is 3.28. The molecule has 0 bridgehead atoms. The second-order valence-electron chi connectivity index (χ2n) is 11.7. The maximum Gasteiger partial charge on any atom is 0.417 e. The van der Waals surface area contributed by atoms with Crippen LogP contribution >= 0.6 is 0 Å². The van der Waals surface area contributed by atoms with Crippen LogP contribution in [0.25, 0.3) is 16.9 Å². The Labute approximate surface area is 255 Å². The number of Topliss-reactive ketones (excluding diaryl/α,β-unsaturated/α-hetero) is 1. The molecule has 12 heteroatoms. The summed E-state index contributed by atoms with van der Waals surface area (Å²) < 4.78 is 10.4. The summed E-state index contributed by atoms with van der Waals surface area (Å²) >= 11 is 0. The van der Waals surface area contributed by atoms with Crippen LogP contribution in [0.15, 0.2) is 77.6 Å². The van der Waals surface area contributed by atoms with Gasteiger partial charge in [0.1, 0.15) is 34.9 Å². The lowest BCUT2D eigenvalue weighted by molar-refractivity contribution is -0.163. The lowest BCUT2D eigenvalue weighted by Crippen LogP contribution is -2.62. The van der Waals surface area contributed by atoms with Crippen molar-refractivity contribution in [1.82, 2.24) is 0 Å². The molecule has 4 aliphatic carbocycles. The van der Waals surface area contributed by atoms with Crippen LogP contribution in [-0.2, 0) is 9.59 Å². The number of aliphatic hydroxyl groups excluding tert-OH is 3. The van der Waals surface area contributed by atoms with Gasteiger partial charge < -0.3 is 40.7 Å². The Hall–Kier alpha value is -5.33. The average molecular weight is 613 g/mol. The van der Waals surface area contributed by atoms with Crippen molar-refractivity contribution in [2.75, 3.05) is 12.4 Å². The van der Waals surface area contributed by atoms with Crippen LogP contribution < -0.4 is 20.5 Å². The maximum absolute atomic E-state index is 13.8. The number of rotatable bonds is 5. The van der Waals surface area contributed by atoms with Crippen molar-refractivity contribution in [3.63, 3.8) is 0 Å². The molecule has 0 aliphatic heterocycles. The minimum Gasteiger partial charge on any atom is -0.512 e. The molecular weight excluding hydrogens is 584 g/mol. The molecule has 2 saturated carbocycles. The Bertz CT molecular complexity index is 1860. The Morgan fingerprint density at radius 2 is 1.62 bits per heavy atom. The van der Waals surface area contributed by atoms with Crippen molar-refractivity contribution in [2.24, 2.45) is 23.5 Å². The van der Waals surface area contributed by atoms with Gasteiger partial charge in [-0.25, -0.2) is 4.79 Å². The number of phenolic OH excluding ortho intramolecular Hbond substituents is 1. The van der Waals surface area contributed by atoms with Crippen molar-refractivity contribution in [3.05, 3.63) is 88.7 Å². The number of primary amides is 1. The van der Waals surface area contributed by atoms with E-state index in [9.17, 15) is 39.9 Å². The van der Waals surface area contributed by atoms with Crippen molar-refractivity contribution in [2.45, 2.75) is 24.0 Å². The van der Waals surface area contributed by atoms with Crippen LogP contribution in [-0.4, -0.2) is 62.1 Å². The van der Waals surface area contributed by atoms with Crippen LogP contribution in [0.2, 0.25) is 0 Å². The molecule has 6 atom stereocenters. The number of methoxy groups -OCH3 is 1. The highest BCUT2D eigenvalue weighted by Crippen LogP contribution is 2.73. The van der Waals surface area contributed by atoms with E-state index in [2.05, 4.69) is 5.32 Å². The van der Waals surface area contributed by atoms with E-state index in [4.69, 9.17) is 15.2 Å². The van der Waals surface area contributed by atoms with Gasteiger partial charge in [0.25, 0.3) is 5.91 Å². The molecule has 0 radical (unpaired) electrons. The topological polar surface area (TPSA) is 209 Å². The van der Waals surface area contributed by atoms with Crippen LogP contribution in [0, 0.1) is 17.8 Å². The zero-order valence-corrected chi connectivity index (χ0v) is 23.7. The minimum absolute atomic E-state index is 0.0360. The van der Waals surface area contributed by atoms with Crippen LogP contribution in [0.5, 0.6) is 17.2 Å². The summed E-state index contributed by atoms with van der Waals surface area (Å²) in [7, 11) is 1.53. The molecule has 12 nitrogen and oxygen atoms in total. The van der Waals surface area contributed by atoms with Gasteiger partial charge in [0.2, 0.25) is 0 Å². The first kappa shape index (κ1) is 28.4. The lowest BCUT2D eigenvalue weighted by atomic mass is 9.63. The van der Waals surface area contributed by atoms with Crippen molar-refractivity contribution >= 4 is 29.2 Å². The van der Waals surface area contributed by atoms with E-state index >= 15 is 0 Å². The number of benzene rings is 3. The molecule has 3 aromatic carbocycles. The molecule has 2 fully saturated rings. The molecule has 0 heterocycles. The number of hydrogen-bond acceptors (Lipinski definition) is 10. The van der Waals surface area contributed by atoms with Gasteiger partial charge in [-0.2, -0.15) is 0 Å². The van der Waals surface area contributed by atoms with E-state index < -0.39 is 70.3 Å². The third kappa shape index (κ3) is 4.02. The van der Waals surface area contributed by atoms with E-state index in [0.29, 0.717) is 33.9 Å². The zero-order valence-electron chi connectivity index (χ0n) is 23.7. The van der Waals surface area contributed by atoms with Gasteiger partial charge in [-0.3, -0.25) is 14.9 Å². The monoisotopic (exact) mass is 612 g/mol. The fraction of sp³-hybridized carbons (Fsp3) is 0.242. The molecule has 230 valence electrons. The van der Waals surface area contributed by atoms with Crippen LogP contribution in [0.1, 0.15) is 23.5 Å². The number of nitrogens with one attached hydrogen (secondary N) is 1. The molecule has 0 saturated heterocycles. The number of ketones is 1. The smallest absolute Gasteiger partial charge is 0.417 e. The van der Waals surface area contributed by atoms with Gasteiger partial charge in [0.15, 0.2) is 11.4 Å². The van der Waals surface area contributed by atoms with E-state index in [0.717, 1.165) is 0 Å². The third-order valence-electron chi connectivity index (χ3n) is 9.49. The molecule has 3 aromatic rings. The van der Waals surface area contributed by atoms with E-state index in [-0.39, 0.29) is 23.3 Å². The number of carbonyl (C=O) groups excluding carboxylic acids is 3. The standard InChI is InChI=1S/C33H28N2O10/c1-44-15-6-8-16(9-7-15)45-32(42)35-14-4-2-13(3-5-14)17-10-11-19(36)23-21(17)25-22-18-12-20(37)24(31(34)41)29(39)33(18,43)30(40)27(26(22)25)28(23)38/h2-11,18,22,25-26,29,36-39,43H,12H2,1H3,(H2,34,41)(H,35,42)/t18?,22?,25?,26?,29?,33-/m1/s1. The Morgan fingerprint density at radius 1 is 0.956 bits per heavy atom. The highest BCUT2D eigenvalue weighted by molar-refractivity contribution is 6.13. The number of fused-ring (bicyclic) bond motifs is 5. The highest BCUT2D eigenvalue weighted by Gasteiger charge is 2.74. The van der Waals surface area contributed by atoms with Crippen LogP contribution in [0.3, 0.4) is 0 Å². The molecule has 4 aliphatic rings. The van der Waals surface area contributed by atoms with E-state index in [1.54, 1.807) is 54.6 Å². The minimum atomic E-state index is -2.51. The second-order valence-corrected chi connectivity index (χ2v) is 11.7. The first-order valence-corrected chi connectivity index (χ1v) is 14.2. The molecule has 5 unspecified atom stereocenters. The summed E-state index contributed by atoms with van der Waals surface area (Å²) in [6.45, 7) is 0. The normalized spacial score (nSPS) is 27.6. The average Bonchev–Trinajstić information content (AvgIpc) is 3.74. The van der Waals surface area contributed by atoms with Gasteiger partial charge in [0.05, 0.1) is 18.2 Å². The predicted molar refractivity (Wildman–Crippen MR) is 158 cm³/mol. The van der Waals surface area contributed by atoms with Crippen molar-refractivity contribution in [1.29, 1.82) is 0 Å². The molecule has 45 heavy (non-hydrogen) atoms. The third-order valence-corrected chi connectivity index (χ3v) is 9.49.